The Morgan fingerprint density at radius 2 is 1.96 bits per heavy atom. The second-order valence-corrected chi connectivity index (χ2v) is 5.93. The molecule has 5 heteroatoms. The Bertz CT molecular complexity index is 759. The van der Waals surface area contributed by atoms with Gasteiger partial charge in [-0.2, -0.15) is 0 Å². The quantitative estimate of drug-likeness (QED) is 0.817. The molecule has 0 saturated heterocycles. The number of ether oxygens (including phenoxy) is 1. The summed E-state index contributed by atoms with van der Waals surface area (Å²) in [6.07, 6.45) is 2.90. The molecule has 0 spiro atoms. The van der Waals surface area contributed by atoms with E-state index in [2.05, 4.69) is 4.57 Å². The summed E-state index contributed by atoms with van der Waals surface area (Å²) >= 11 is 0. The molecule has 0 saturated carbocycles. The van der Waals surface area contributed by atoms with E-state index in [1.54, 1.807) is 17.0 Å². The highest BCUT2D eigenvalue weighted by molar-refractivity contribution is 5.97. The van der Waals surface area contributed by atoms with Crippen LogP contribution >= 0.6 is 0 Å². The van der Waals surface area contributed by atoms with Crippen LogP contribution < -0.4 is 0 Å². The molecule has 0 atom stereocenters. The van der Waals surface area contributed by atoms with Crippen LogP contribution in [0.2, 0.25) is 0 Å². The Morgan fingerprint density at radius 3 is 2.61 bits per heavy atom. The number of aromatic nitrogens is 1. The first-order valence-electron chi connectivity index (χ1n) is 7.62. The highest BCUT2D eigenvalue weighted by Gasteiger charge is 2.26. The largest absolute Gasteiger partial charge is 0.465 e. The molecule has 23 heavy (non-hydrogen) atoms. The molecule has 2 heterocycles. The molecule has 1 amide bonds. The van der Waals surface area contributed by atoms with E-state index >= 15 is 0 Å². The maximum Gasteiger partial charge on any atom is 0.337 e. The number of carbonyl (C=O) groups excluding carboxylic acids is 2. The maximum absolute atomic E-state index is 12.3. The zero-order valence-corrected chi connectivity index (χ0v) is 13.6. The third kappa shape index (κ3) is 2.74. The Labute approximate surface area is 135 Å². The predicted molar refractivity (Wildman–Crippen MR) is 86.7 cm³/mol. The van der Waals surface area contributed by atoms with Crippen LogP contribution in [0.3, 0.4) is 0 Å². The molecule has 3 rings (SSSR count). The smallest absolute Gasteiger partial charge is 0.337 e. The maximum atomic E-state index is 12.3. The van der Waals surface area contributed by atoms with Gasteiger partial charge in [-0.05, 0) is 30.2 Å². The van der Waals surface area contributed by atoms with Gasteiger partial charge in [0.15, 0.2) is 0 Å². The van der Waals surface area contributed by atoms with Crippen LogP contribution in [-0.4, -0.2) is 42.0 Å². The fourth-order valence-corrected chi connectivity index (χ4v) is 3.08. The van der Waals surface area contributed by atoms with Crippen molar-refractivity contribution < 1.29 is 14.3 Å². The number of aryl methyl sites for hydroxylation is 1. The second-order valence-electron chi connectivity index (χ2n) is 5.93. The SMILES string of the molecule is COC(=O)c1ccc(Cn2cc(C)c3c2CCN(C)C3=O)cc1. The van der Waals surface area contributed by atoms with Crippen molar-refractivity contribution in [1.29, 1.82) is 0 Å². The molecular formula is C18H20N2O3. The van der Waals surface area contributed by atoms with E-state index in [1.807, 2.05) is 32.3 Å². The van der Waals surface area contributed by atoms with Gasteiger partial charge in [0.1, 0.15) is 0 Å². The lowest BCUT2D eigenvalue weighted by molar-refractivity contribution is 0.0600. The molecule has 1 aromatic carbocycles. The van der Waals surface area contributed by atoms with Crippen molar-refractivity contribution >= 4 is 11.9 Å². The Kier molecular flexibility index (Phi) is 3.94. The van der Waals surface area contributed by atoms with E-state index in [0.717, 1.165) is 35.3 Å². The monoisotopic (exact) mass is 312 g/mol. The van der Waals surface area contributed by atoms with E-state index in [0.29, 0.717) is 12.1 Å². The summed E-state index contributed by atoms with van der Waals surface area (Å²) < 4.78 is 6.85. The van der Waals surface area contributed by atoms with Crippen LogP contribution in [0.1, 0.15) is 37.5 Å². The molecule has 2 aromatic rings. The van der Waals surface area contributed by atoms with Crippen molar-refractivity contribution in [1.82, 2.24) is 9.47 Å². The third-order valence-corrected chi connectivity index (χ3v) is 4.35. The molecule has 1 aliphatic heterocycles. The Balaban J connectivity index is 1.87. The van der Waals surface area contributed by atoms with Gasteiger partial charge in [-0.3, -0.25) is 4.79 Å². The molecule has 5 nitrogen and oxygen atoms in total. The minimum Gasteiger partial charge on any atom is -0.465 e. The lowest BCUT2D eigenvalue weighted by atomic mass is 10.0. The Morgan fingerprint density at radius 1 is 1.26 bits per heavy atom. The number of carbonyl (C=O) groups is 2. The average molecular weight is 312 g/mol. The predicted octanol–water partition coefficient (Wildman–Crippen LogP) is 2.26. The summed E-state index contributed by atoms with van der Waals surface area (Å²) in [6.45, 7) is 3.41. The minimum absolute atomic E-state index is 0.100. The zero-order valence-electron chi connectivity index (χ0n) is 13.6. The molecule has 0 aliphatic carbocycles. The van der Waals surface area contributed by atoms with Crippen molar-refractivity contribution in [3.63, 3.8) is 0 Å². The molecule has 0 N–H and O–H groups in total. The summed E-state index contributed by atoms with van der Waals surface area (Å²) in [5, 5.41) is 0. The van der Waals surface area contributed by atoms with Gasteiger partial charge < -0.3 is 14.2 Å². The van der Waals surface area contributed by atoms with Gasteiger partial charge in [-0.25, -0.2) is 4.79 Å². The summed E-state index contributed by atoms with van der Waals surface area (Å²) in [5.74, 6) is -0.233. The topological polar surface area (TPSA) is 51.5 Å². The highest BCUT2D eigenvalue weighted by Crippen LogP contribution is 2.24. The number of benzene rings is 1. The van der Waals surface area contributed by atoms with Gasteiger partial charge in [0.25, 0.3) is 5.91 Å². The van der Waals surface area contributed by atoms with E-state index in [1.165, 1.54) is 7.11 Å². The van der Waals surface area contributed by atoms with Gasteiger partial charge >= 0.3 is 5.97 Å². The van der Waals surface area contributed by atoms with Crippen molar-refractivity contribution in [2.75, 3.05) is 20.7 Å². The number of nitrogens with zero attached hydrogens (tertiary/aromatic N) is 2. The van der Waals surface area contributed by atoms with Gasteiger partial charge in [0.05, 0.1) is 18.2 Å². The summed E-state index contributed by atoms with van der Waals surface area (Å²) in [5.41, 5.74) is 4.58. The first-order chi connectivity index (χ1) is 11.0. The fraction of sp³-hybridized carbons (Fsp3) is 0.333. The third-order valence-electron chi connectivity index (χ3n) is 4.35. The second kappa shape index (κ2) is 5.91. The highest BCUT2D eigenvalue weighted by atomic mass is 16.5. The summed E-state index contributed by atoms with van der Waals surface area (Å²) in [6, 6.07) is 7.38. The van der Waals surface area contributed by atoms with Crippen molar-refractivity contribution in [2.45, 2.75) is 19.9 Å². The van der Waals surface area contributed by atoms with Gasteiger partial charge in [0.2, 0.25) is 0 Å². The lowest BCUT2D eigenvalue weighted by Gasteiger charge is -2.24. The number of hydrogen-bond donors (Lipinski definition) is 0. The molecule has 0 radical (unpaired) electrons. The van der Waals surface area contributed by atoms with Gasteiger partial charge in [-0.1, -0.05) is 12.1 Å². The number of likely N-dealkylation sites (N-methyl/N-ethyl adjacent to an activating group) is 1. The van der Waals surface area contributed by atoms with Crippen molar-refractivity contribution in [3.05, 3.63) is 58.4 Å². The molecule has 1 aromatic heterocycles. The molecule has 0 bridgehead atoms. The van der Waals surface area contributed by atoms with Crippen LogP contribution in [0.15, 0.2) is 30.5 Å². The van der Waals surface area contributed by atoms with Crippen LogP contribution in [0.4, 0.5) is 0 Å². The van der Waals surface area contributed by atoms with Crippen LogP contribution in [0, 0.1) is 6.92 Å². The number of hydrogen-bond acceptors (Lipinski definition) is 3. The first-order valence-corrected chi connectivity index (χ1v) is 7.62. The number of rotatable bonds is 3. The van der Waals surface area contributed by atoms with Crippen LogP contribution in [-0.2, 0) is 17.7 Å². The number of fused-ring (bicyclic) bond motifs is 1. The lowest BCUT2D eigenvalue weighted by Crippen LogP contribution is -2.34. The summed E-state index contributed by atoms with van der Waals surface area (Å²) in [4.78, 5) is 25.6. The molecule has 120 valence electrons. The number of amides is 1. The first kappa shape index (κ1) is 15.3. The molecule has 1 aliphatic rings. The van der Waals surface area contributed by atoms with Crippen molar-refractivity contribution in [3.8, 4) is 0 Å². The van der Waals surface area contributed by atoms with E-state index in [4.69, 9.17) is 4.74 Å². The van der Waals surface area contributed by atoms with Crippen molar-refractivity contribution in [2.24, 2.45) is 0 Å². The Hall–Kier alpha value is -2.56. The van der Waals surface area contributed by atoms with Gasteiger partial charge in [-0.15, -0.1) is 0 Å². The van der Waals surface area contributed by atoms with E-state index in [-0.39, 0.29) is 11.9 Å². The van der Waals surface area contributed by atoms with Crippen LogP contribution in [0.5, 0.6) is 0 Å². The minimum atomic E-state index is -0.334. The van der Waals surface area contributed by atoms with Gasteiger partial charge in [0, 0.05) is 38.4 Å². The van der Waals surface area contributed by atoms with E-state index in [9.17, 15) is 9.59 Å². The standard InChI is InChI=1S/C18H20N2O3/c1-12-10-20(15-8-9-19(2)17(21)16(12)15)11-13-4-6-14(7-5-13)18(22)23-3/h4-7,10H,8-9,11H2,1-3H3. The summed E-state index contributed by atoms with van der Waals surface area (Å²) in [7, 11) is 3.22. The van der Waals surface area contributed by atoms with Crippen LogP contribution in [0.25, 0.3) is 0 Å². The number of esters is 1. The van der Waals surface area contributed by atoms with E-state index < -0.39 is 0 Å². The molecular weight excluding hydrogens is 292 g/mol. The average Bonchev–Trinajstić information content (AvgIpc) is 2.87. The number of methoxy groups -OCH3 is 1. The fourth-order valence-electron chi connectivity index (χ4n) is 3.08. The zero-order chi connectivity index (χ0) is 16.6. The normalized spacial score (nSPS) is 13.9. The molecule has 0 unspecified atom stereocenters. The molecule has 0 fully saturated rings.